The first-order chi connectivity index (χ1) is 15.7. The van der Waals surface area contributed by atoms with Gasteiger partial charge < -0.3 is 25.0 Å². The fourth-order valence-electron chi connectivity index (χ4n) is 5.07. The van der Waals surface area contributed by atoms with Crippen molar-refractivity contribution >= 4 is 5.96 Å². The summed E-state index contributed by atoms with van der Waals surface area (Å²) in [5.74, 6) is 3.16. The van der Waals surface area contributed by atoms with Gasteiger partial charge in [0, 0.05) is 58.1 Å². The van der Waals surface area contributed by atoms with E-state index >= 15 is 0 Å². The summed E-state index contributed by atoms with van der Waals surface area (Å²) in [4.78, 5) is 11.5. The zero-order valence-electron chi connectivity index (χ0n) is 19.9. The van der Waals surface area contributed by atoms with Crippen molar-refractivity contribution in [1.82, 2.24) is 20.5 Å². The van der Waals surface area contributed by atoms with Gasteiger partial charge in [0.1, 0.15) is 6.10 Å². The number of nitrogens with zero attached hydrogens (tertiary/aromatic N) is 3. The minimum absolute atomic E-state index is 0.309. The van der Waals surface area contributed by atoms with Crippen LogP contribution in [0.4, 0.5) is 0 Å². The Balaban J connectivity index is 1.18. The fraction of sp³-hybridized carbons (Fsp3) is 0.760. The maximum absolute atomic E-state index is 6.16. The molecule has 2 aliphatic heterocycles. The molecule has 0 radical (unpaired) electrons. The van der Waals surface area contributed by atoms with Gasteiger partial charge in [0.2, 0.25) is 5.88 Å². The molecule has 178 valence electrons. The van der Waals surface area contributed by atoms with Crippen molar-refractivity contribution in [2.75, 3.05) is 39.9 Å². The maximum atomic E-state index is 6.16. The van der Waals surface area contributed by atoms with Crippen LogP contribution in [-0.4, -0.2) is 67.9 Å². The Hall–Kier alpha value is -1.86. The molecule has 3 fully saturated rings. The lowest BCUT2D eigenvalue weighted by Gasteiger charge is -2.34. The topological polar surface area (TPSA) is 71.0 Å². The molecule has 1 atom stereocenters. The molecule has 1 saturated carbocycles. The summed E-state index contributed by atoms with van der Waals surface area (Å²) >= 11 is 0. The van der Waals surface area contributed by atoms with Crippen LogP contribution < -0.4 is 15.4 Å². The predicted octanol–water partition coefficient (Wildman–Crippen LogP) is 3.21. The van der Waals surface area contributed by atoms with Crippen molar-refractivity contribution in [3.05, 3.63) is 23.9 Å². The highest BCUT2D eigenvalue weighted by atomic mass is 16.5. The van der Waals surface area contributed by atoms with E-state index in [0.29, 0.717) is 18.7 Å². The zero-order chi connectivity index (χ0) is 22.2. The van der Waals surface area contributed by atoms with Gasteiger partial charge in [0.15, 0.2) is 5.96 Å². The van der Waals surface area contributed by atoms with E-state index in [0.717, 1.165) is 81.2 Å². The van der Waals surface area contributed by atoms with E-state index in [2.05, 4.69) is 38.5 Å². The number of ether oxygens (including phenoxy) is 2. The normalized spacial score (nSPS) is 27.9. The van der Waals surface area contributed by atoms with Crippen LogP contribution in [0.25, 0.3) is 0 Å². The lowest BCUT2D eigenvalue weighted by atomic mass is 9.89. The minimum Gasteiger partial charge on any atom is -0.474 e. The van der Waals surface area contributed by atoms with Crippen LogP contribution in [0.3, 0.4) is 0 Å². The van der Waals surface area contributed by atoms with E-state index in [4.69, 9.17) is 9.47 Å². The standard InChI is InChI=1S/C25H41N5O2/c1-19-3-5-23(6-4-19)32-24-15-20(7-11-27-24)16-28-25(26-2)29-22-8-12-30(13-9-22)17-21-10-14-31-18-21/h7,11,15,19,21-23H,3-6,8-10,12-14,16-18H2,1-2H3,(H2,26,28,29). The number of hydrogen-bond acceptors (Lipinski definition) is 5. The number of pyridine rings is 1. The Labute approximate surface area is 193 Å². The van der Waals surface area contributed by atoms with Crippen LogP contribution in [0.15, 0.2) is 23.3 Å². The lowest BCUT2D eigenvalue weighted by molar-refractivity contribution is 0.130. The molecule has 4 rings (SSSR count). The number of aromatic nitrogens is 1. The van der Waals surface area contributed by atoms with Crippen molar-refractivity contribution in [2.45, 2.75) is 70.6 Å². The first-order valence-corrected chi connectivity index (χ1v) is 12.6. The van der Waals surface area contributed by atoms with Gasteiger partial charge >= 0.3 is 0 Å². The first kappa shape index (κ1) is 23.3. The van der Waals surface area contributed by atoms with Crippen molar-refractivity contribution in [3.8, 4) is 5.88 Å². The maximum Gasteiger partial charge on any atom is 0.213 e. The number of rotatable bonds is 7. The van der Waals surface area contributed by atoms with Gasteiger partial charge in [0.05, 0.1) is 6.61 Å². The number of likely N-dealkylation sites (tertiary alicyclic amines) is 1. The molecule has 1 aromatic rings. The molecule has 0 spiro atoms. The highest BCUT2D eigenvalue weighted by Gasteiger charge is 2.24. The Morgan fingerprint density at radius 1 is 1.19 bits per heavy atom. The van der Waals surface area contributed by atoms with Crippen LogP contribution in [0.5, 0.6) is 5.88 Å². The fourth-order valence-corrected chi connectivity index (χ4v) is 5.07. The number of piperidine rings is 1. The van der Waals surface area contributed by atoms with Crippen molar-refractivity contribution in [3.63, 3.8) is 0 Å². The molecule has 1 aliphatic carbocycles. The first-order valence-electron chi connectivity index (χ1n) is 12.6. The van der Waals surface area contributed by atoms with Gasteiger partial charge in [-0.3, -0.25) is 4.99 Å². The number of nitrogens with one attached hydrogen (secondary N) is 2. The summed E-state index contributed by atoms with van der Waals surface area (Å²) < 4.78 is 11.7. The molecule has 0 bridgehead atoms. The second-order valence-corrected chi connectivity index (χ2v) is 9.88. The molecule has 1 unspecified atom stereocenters. The summed E-state index contributed by atoms with van der Waals surface area (Å²) in [6.07, 6.45) is 10.5. The highest BCUT2D eigenvalue weighted by molar-refractivity contribution is 5.79. The van der Waals surface area contributed by atoms with Crippen molar-refractivity contribution in [2.24, 2.45) is 16.8 Å². The van der Waals surface area contributed by atoms with Gasteiger partial charge in [-0.05, 0) is 68.4 Å². The van der Waals surface area contributed by atoms with E-state index in [1.54, 1.807) is 0 Å². The monoisotopic (exact) mass is 443 g/mol. The third kappa shape index (κ3) is 7.07. The number of aliphatic imine (C=N–C) groups is 1. The van der Waals surface area contributed by atoms with E-state index in [9.17, 15) is 0 Å². The molecule has 7 heteroatoms. The summed E-state index contributed by atoms with van der Waals surface area (Å²) in [5.41, 5.74) is 1.16. The molecule has 0 amide bonds. The minimum atomic E-state index is 0.309. The van der Waals surface area contributed by atoms with Gasteiger partial charge in [0.25, 0.3) is 0 Å². The summed E-state index contributed by atoms with van der Waals surface area (Å²) in [5, 5.41) is 7.08. The molecule has 3 heterocycles. The van der Waals surface area contributed by atoms with Crippen LogP contribution in [0.1, 0.15) is 57.4 Å². The predicted molar refractivity (Wildman–Crippen MR) is 128 cm³/mol. The summed E-state index contributed by atoms with van der Waals surface area (Å²) in [6.45, 7) is 8.40. The van der Waals surface area contributed by atoms with Crippen molar-refractivity contribution < 1.29 is 9.47 Å². The zero-order valence-corrected chi connectivity index (χ0v) is 19.9. The van der Waals surface area contributed by atoms with Gasteiger partial charge in [-0.15, -0.1) is 0 Å². The number of guanidine groups is 1. The van der Waals surface area contributed by atoms with Gasteiger partial charge in [-0.2, -0.15) is 0 Å². The Kier molecular flexibility index (Phi) is 8.62. The van der Waals surface area contributed by atoms with E-state index in [1.807, 2.05) is 19.3 Å². The van der Waals surface area contributed by atoms with Crippen LogP contribution >= 0.6 is 0 Å². The average Bonchev–Trinajstić information content (AvgIpc) is 3.33. The van der Waals surface area contributed by atoms with Crippen LogP contribution in [-0.2, 0) is 11.3 Å². The smallest absolute Gasteiger partial charge is 0.213 e. The molecular weight excluding hydrogens is 402 g/mol. The van der Waals surface area contributed by atoms with Crippen LogP contribution in [0, 0.1) is 11.8 Å². The molecule has 1 aromatic heterocycles. The Bertz CT molecular complexity index is 721. The molecule has 2 N–H and O–H groups in total. The van der Waals surface area contributed by atoms with E-state index in [1.165, 1.54) is 25.8 Å². The molecule has 7 nitrogen and oxygen atoms in total. The highest BCUT2D eigenvalue weighted by Crippen LogP contribution is 2.26. The quantitative estimate of drug-likeness (QED) is 0.498. The Morgan fingerprint density at radius 3 is 2.72 bits per heavy atom. The second kappa shape index (κ2) is 11.8. The van der Waals surface area contributed by atoms with Crippen molar-refractivity contribution in [1.29, 1.82) is 0 Å². The van der Waals surface area contributed by atoms with E-state index < -0.39 is 0 Å². The molecule has 2 saturated heterocycles. The third-order valence-corrected chi connectivity index (χ3v) is 7.20. The lowest BCUT2D eigenvalue weighted by Crippen LogP contribution is -2.49. The largest absolute Gasteiger partial charge is 0.474 e. The summed E-state index contributed by atoms with van der Waals surface area (Å²) in [7, 11) is 1.84. The van der Waals surface area contributed by atoms with E-state index in [-0.39, 0.29) is 0 Å². The molecule has 0 aromatic carbocycles. The van der Waals surface area contributed by atoms with Gasteiger partial charge in [-0.1, -0.05) is 6.92 Å². The molecular formula is C25H41N5O2. The third-order valence-electron chi connectivity index (χ3n) is 7.20. The average molecular weight is 444 g/mol. The second-order valence-electron chi connectivity index (χ2n) is 9.88. The summed E-state index contributed by atoms with van der Waals surface area (Å²) in [6, 6.07) is 4.58. The number of hydrogen-bond donors (Lipinski definition) is 2. The Morgan fingerprint density at radius 2 is 2.00 bits per heavy atom. The molecule has 3 aliphatic rings. The van der Waals surface area contributed by atoms with Gasteiger partial charge in [-0.25, -0.2) is 4.98 Å². The van der Waals surface area contributed by atoms with Crippen LogP contribution in [0.2, 0.25) is 0 Å². The SMILES string of the molecule is CN=C(NCc1ccnc(OC2CCC(C)CC2)c1)NC1CCN(CC2CCOC2)CC1. The molecule has 32 heavy (non-hydrogen) atoms.